The van der Waals surface area contributed by atoms with Crippen LogP contribution in [0, 0.1) is 0 Å². The summed E-state index contributed by atoms with van der Waals surface area (Å²) in [6.07, 6.45) is 0. The fourth-order valence-electron chi connectivity index (χ4n) is 2.63. The molecule has 0 aliphatic carbocycles. The lowest BCUT2D eigenvalue weighted by Gasteiger charge is -2.11. The van der Waals surface area contributed by atoms with Gasteiger partial charge in [-0.15, -0.1) is 17.9 Å². The third kappa shape index (κ3) is 3.21. The molecule has 0 spiro atoms. The predicted octanol–water partition coefficient (Wildman–Crippen LogP) is 5.23. The Bertz CT molecular complexity index is 1210. The van der Waals surface area contributed by atoms with Crippen molar-refractivity contribution in [1.29, 1.82) is 0 Å². The van der Waals surface area contributed by atoms with Gasteiger partial charge in [0.15, 0.2) is 10.3 Å². The van der Waals surface area contributed by atoms with Crippen LogP contribution < -0.4 is 8.57 Å². The maximum atomic E-state index is 12.5. The molecule has 0 unspecified atom stereocenters. The van der Waals surface area contributed by atoms with Gasteiger partial charge in [-0.2, -0.15) is 0 Å². The average molecular weight is 555 g/mol. The summed E-state index contributed by atoms with van der Waals surface area (Å²) in [5, 5.41) is 1.47. The second-order valence-electron chi connectivity index (χ2n) is 5.39. The summed E-state index contributed by atoms with van der Waals surface area (Å²) in [6.45, 7) is 0. The number of hydrogen-bond acceptors (Lipinski definition) is 4. The van der Waals surface area contributed by atoms with E-state index < -0.39 is 10.4 Å². The van der Waals surface area contributed by atoms with E-state index in [2.05, 4.69) is 31.9 Å². The number of halogens is 4. The third-order valence-electron chi connectivity index (χ3n) is 3.77. The highest BCUT2D eigenvalue weighted by molar-refractivity contribution is 9.11. The summed E-state index contributed by atoms with van der Waals surface area (Å²) < 4.78 is 38.2. The molecule has 0 N–H and O–H groups in total. The van der Waals surface area contributed by atoms with Gasteiger partial charge in [0.2, 0.25) is 0 Å². The molecule has 0 fully saturated rings. The Labute approximate surface area is 180 Å². The van der Waals surface area contributed by atoms with Crippen LogP contribution in [-0.2, 0) is 10.4 Å². The van der Waals surface area contributed by atoms with E-state index in [4.69, 9.17) is 31.8 Å². The lowest BCUT2D eigenvalue weighted by molar-refractivity contribution is 0.196. The Hall–Kier alpha value is -1.39. The second kappa shape index (κ2) is 6.89. The Morgan fingerprint density at radius 1 is 0.741 bits per heavy atom. The molecule has 0 aliphatic rings. The summed E-state index contributed by atoms with van der Waals surface area (Å²) in [6, 6.07) is 13.9. The normalized spacial score (nSPS) is 12.0. The monoisotopic (exact) mass is 552 g/mol. The fraction of sp³-hybridized carbons (Fsp3) is 0. The van der Waals surface area contributed by atoms with Crippen LogP contribution >= 0.6 is 55.1 Å². The first-order valence-electron chi connectivity index (χ1n) is 7.34. The minimum atomic E-state index is -4.57. The number of aromatic nitrogens is 2. The van der Waals surface area contributed by atoms with Crippen molar-refractivity contribution >= 4 is 87.3 Å². The van der Waals surface area contributed by atoms with Gasteiger partial charge in [0.05, 0.1) is 20.0 Å². The second-order valence-corrected chi connectivity index (χ2v) is 8.81. The topological polar surface area (TPSA) is 62.5 Å². The zero-order chi connectivity index (χ0) is 19.3. The van der Waals surface area contributed by atoms with Gasteiger partial charge in [-0.25, -0.2) is 0 Å². The first-order chi connectivity index (χ1) is 12.8. The molecule has 2 aromatic carbocycles. The molecule has 2 heterocycles. The van der Waals surface area contributed by atoms with Crippen LogP contribution in [0.5, 0.6) is 0 Å². The number of nitrogens with zero attached hydrogens (tertiary/aromatic N) is 2. The largest absolute Gasteiger partial charge is 0.539 e. The number of fused-ring (bicyclic) bond motifs is 2. The van der Waals surface area contributed by atoms with Gasteiger partial charge in [0.25, 0.3) is 0 Å². The van der Waals surface area contributed by atoms with E-state index in [9.17, 15) is 8.42 Å². The van der Waals surface area contributed by atoms with Crippen molar-refractivity contribution in [2.45, 2.75) is 0 Å². The first kappa shape index (κ1) is 18.9. The highest BCUT2D eigenvalue weighted by Crippen LogP contribution is 2.35. The maximum Gasteiger partial charge on any atom is 0.539 e. The SMILES string of the molecule is O=S(=O)(On1c(Cl)c(Br)c2ccccc21)On1c(Cl)c(Br)c2ccccc21. The molecule has 0 atom stereocenters. The Morgan fingerprint density at radius 3 is 1.52 bits per heavy atom. The van der Waals surface area contributed by atoms with Crippen LogP contribution in [0.15, 0.2) is 57.5 Å². The van der Waals surface area contributed by atoms with Gasteiger partial charge in [-0.3, -0.25) is 8.57 Å². The predicted molar refractivity (Wildman–Crippen MR) is 111 cm³/mol. The van der Waals surface area contributed by atoms with Crippen LogP contribution in [0.4, 0.5) is 0 Å². The van der Waals surface area contributed by atoms with Crippen molar-refractivity contribution in [3.05, 3.63) is 67.8 Å². The molecular formula is C16H8Br2Cl2N2O4S. The average Bonchev–Trinajstić information content (AvgIpc) is 3.03. The summed E-state index contributed by atoms with van der Waals surface area (Å²) in [4.78, 5) is 0. The number of benzene rings is 2. The molecule has 140 valence electrons. The Kier molecular flexibility index (Phi) is 4.84. The van der Waals surface area contributed by atoms with Crippen molar-refractivity contribution in [3.63, 3.8) is 0 Å². The summed E-state index contributed by atoms with van der Waals surface area (Å²) in [5.41, 5.74) is 0.900. The van der Waals surface area contributed by atoms with E-state index in [0.717, 1.165) is 9.46 Å². The lowest BCUT2D eigenvalue weighted by Crippen LogP contribution is -2.30. The molecule has 4 rings (SSSR count). The van der Waals surface area contributed by atoms with Crippen molar-refractivity contribution in [2.75, 3.05) is 0 Å². The number of hydrogen-bond donors (Lipinski definition) is 0. The van der Waals surface area contributed by atoms with Crippen LogP contribution in [0.25, 0.3) is 21.8 Å². The minimum absolute atomic E-state index is 0.0491. The number of rotatable bonds is 4. The van der Waals surface area contributed by atoms with E-state index in [1.165, 1.54) is 0 Å². The molecule has 27 heavy (non-hydrogen) atoms. The molecule has 4 aromatic rings. The fourth-order valence-corrected chi connectivity index (χ4v) is 4.86. The Balaban J connectivity index is 1.77. The van der Waals surface area contributed by atoms with Gasteiger partial charge in [0, 0.05) is 10.8 Å². The van der Waals surface area contributed by atoms with E-state index in [0.29, 0.717) is 30.8 Å². The molecule has 6 nitrogen and oxygen atoms in total. The van der Waals surface area contributed by atoms with Crippen LogP contribution in [0.3, 0.4) is 0 Å². The standard InChI is InChI=1S/C16H8Br2Cl2N2O4S/c17-13-9-5-1-3-7-11(9)21(15(13)19)25-27(23,24)26-22-12-8-4-2-6-10(12)14(18)16(22)20/h1-8H. The number of para-hydroxylation sites is 2. The molecule has 0 radical (unpaired) electrons. The lowest BCUT2D eigenvalue weighted by atomic mass is 10.3. The zero-order valence-electron chi connectivity index (χ0n) is 13.1. The maximum absolute atomic E-state index is 12.5. The highest BCUT2D eigenvalue weighted by atomic mass is 79.9. The van der Waals surface area contributed by atoms with Crippen LogP contribution in [0.1, 0.15) is 0 Å². The van der Waals surface area contributed by atoms with Crippen molar-refractivity contribution < 1.29 is 17.0 Å². The summed E-state index contributed by atoms with van der Waals surface area (Å²) in [7, 11) is -4.57. The van der Waals surface area contributed by atoms with Gasteiger partial charge in [0.1, 0.15) is 0 Å². The highest BCUT2D eigenvalue weighted by Gasteiger charge is 2.25. The van der Waals surface area contributed by atoms with Crippen molar-refractivity contribution in [2.24, 2.45) is 0 Å². The quantitative estimate of drug-likeness (QED) is 0.347. The third-order valence-corrected chi connectivity index (χ3v) is 7.18. The molecule has 0 bridgehead atoms. The first-order valence-corrected chi connectivity index (χ1v) is 11.0. The van der Waals surface area contributed by atoms with E-state index >= 15 is 0 Å². The van der Waals surface area contributed by atoms with Crippen LogP contribution in [0.2, 0.25) is 10.3 Å². The Morgan fingerprint density at radius 2 is 1.11 bits per heavy atom. The van der Waals surface area contributed by atoms with Gasteiger partial charge in [-0.1, -0.05) is 59.6 Å². The van der Waals surface area contributed by atoms with E-state index in [1.807, 2.05) is 0 Å². The zero-order valence-corrected chi connectivity index (χ0v) is 18.6. The van der Waals surface area contributed by atoms with E-state index in [-0.39, 0.29) is 10.3 Å². The summed E-state index contributed by atoms with van der Waals surface area (Å²) in [5.74, 6) is 0. The van der Waals surface area contributed by atoms with Crippen molar-refractivity contribution in [1.82, 2.24) is 9.46 Å². The van der Waals surface area contributed by atoms with Crippen LogP contribution in [-0.4, -0.2) is 17.9 Å². The molecule has 0 saturated heterocycles. The molecule has 0 saturated carbocycles. The van der Waals surface area contributed by atoms with Gasteiger partial charge < -0.3 is 0 Å². The van der Waals surface area contributed by atoms with Crippen molar-refractivity contribution in [3.8, 4) is 0 Å². The molecular weight excluding hydrogens is 547 g/mol. The smallest absolute Gasteiger partial charge is 0.254 e. The van der Waals surface area contributed by atoms with E-state index in [1.54, 1.807) is 48.5 Å². The molecule has 2 aromatic heterocycles. The van der Waals surface area contributed by atoms with Gasteiger partial charge in [-0.05, 0) is 44.0 Å². The molecule has 0 aliphatic heterocycles. The molecule has 11 heteroatoms. The molecule has 0 amide bonds. The minimum Gasteiger partial charge on any atom is -0.254 e. The summed E-state index contributed by atoms with van der Waals surface area (Å²) >= 11 is 19.1. The van der Waals surface area contributed by atoms with Gasteiger partial charge >= 0.3 is 10.4 Å².